The maximum absolute atomic E-state index is 12.2. The lowest BCUT2D eigenvalue weighted by Gasteiger charge is -2.35. The minimum atomic E-state index is -0.191. The molecule has 0 bridgehead atoms. The highest BCUT2D eigenvalue weighted by Gasteiger charge is 2.29. The first-order valence-electron chi connectivity index (χ1n) is 6.37. The minimum Gasteiger partial charge on any atom is -0.399 e. The summed E-state index contributed by atoms with van der Waals surface area (Å²) in [6.45, 7) is 4.72. The van der Waals surface area contributed by atoms with Crippen LogP contribution in [0.5, 0.6) is 0 Å². The van der Waals surface area contributed by atoms with Crippen LogP contribution in [0, 0.1) is 0 Å². The Balaban J connectivity index is 2.04. The average molecular weight is 283 g/mol. The number of hydrogen-bond donors (Lipinski definition) is 2. The van der Waals surface area contributed by atoms with Crippen molar-refractivity contribution in [3.8, 4) is 0 Å². The lowest BCUT2D eigenvalue weighted by Crippen LogP contribution is -2.45. The van der Waals surface area contributed by atoms with Gasteiger partial charge < -0.3 is 15.8 Å². The number of amides is 1. The predicted molar refractivity (Wildman–Crippen MR) is 76.4 cm³/mol. The Morgan fingerprint density at radius 3 is 2.84 bits per heavy atom. The van der Waals surface area contributed by atoms with Gasteiger partial charge in [0.15, 0.2) is 0 Å². The van der Waals surface area contributed by atoms with Crippen LogP contribution in [-0.2, 0) is 4.74 Å². The van der Waals surface area contributed by atoms with Crippen molar-refractivity contribution >= 4 is 23.2 Å². The Morgan fingerprint density at radius 1 is 1.47 bits per heavy atom. The zero-order valence-electron chi connectivity index (χ0n) is 11.2. The molecule has 1 unspecified atom stereocenters. The van der Waals surface area contributed by atoms with Crippen LogP contribution in [0.15, 0.2) is 18.2 Å². The normalized spacial score (nSPS) is 21.9. The van der Waals surface area contributed by atoms with Gasteiger partial charge in [-0.25, -0.2) is 0 Å². The molecule has 1 heterocycles. The number of halogens is 1. The standard InChI is InChI=1S/C14H19ClN2O2/c1-14(2)8-12(3-4-19-14)17-13(18)9-5-10(15)7-11(16)6-9/h5-7,12H,3-4,8,16H2,1-2H3,(H,17,18). The first-order chi connectivity index (χ1) is 8.85. The summed E-state index contributed by atoms with van der Waals surface area (Å²) in [4.78, 5) is 12.2. The Bertz CT molecular complexity index is 468. The lowest BCUT2D eigenvalue weighted by molar-refractivity contribution is -0.0615. The number of carbonyl (C=O) groups excluding carboxylic acids is 1. The second-order valence-electron chi connectivity index (χ2n) is 5.54. The van der Waals surface area contributed by atoms with Crippen LogP contribution in [0.25, 0.3) is 0 Å². The van der Waals surface area contributed by atoms with Gasteiger partial charge in [0, 0.05) is 28.9 Å². The summed E-state index contributed by atoms with van der Waals surface area (Å²) in [5, 5.41) is 3.48. The monoisotopic (exact) mass is 282 g/mol. The van der Waals surface area contributed by atoms with Crippen LogP contribution in [0.3, 0.4) is 0 Å². The third-order valence-corrected chi connectivity index (χ3v) is 3.43. The summed E-state index contributed by atoms with van der Waals surface area (Å²) in [6.07, 6.45) is 1.63. The summed E-state index contributed by atoms with van der Waals surface area (Å²) in [6, 6.07) is 5.00. The third kappa shape index (κ3) is 3.85. The molecule has 5 heteroatoms. The topological polar surface area (TPSA) is 64.4 Å². The summed E-state index contributed by atoms with van der Waals surface area (Å²) < 4.78 is 5.63. The van der Waals surface area contributed by atoms with Gasteiger partial charge in [-0.3, -0.25) is 4.79 Å². The molecule has 1 saturated heterocycles. The smallest absolute Gasteiger partial charge is 0.251 e. The maximum Gasteiger partial charge on any atom is 0.251 e. The largest absolute Gasteiger partial charge is 0.399 e. The highest BCUT2D eigenvalue weighted by Crippen LogP contribution is 2.24. The molecular formula is C14H19ClN2O2. The quantitative estimate of drug-likeness (QED) is 0.820. The van der Waals surface area contributed by atoms with Crippen LogP contribution in [0.2, 0.25) is 5.02 Å². The molecule has 1 aromatic rings. The van der Waals surface area contributed by atoms with Gasteiger partial charge in [-0.05, 0) is 44.9 Å². The molecule has 0 saturated carbocycles. The van der Waals surface area contributed by atoms with E-state index in [0.29, 0.717) is 22.9 Å². The molecule has 1 aliphatic heterocycles. The van der Waals surface area contributed by atoms with E-state index in [0.717, 1.165) is 12.8 Å². The SMILES string of the molecule is CC1(C)CC(NC(=O)c2cc(N)cc(Cl)c2)CCO1. The molecule has 2 rings (SSSR count). The fourth-order valence-corrected chi connectivity index (χ4v) is 2.61. The fourth-order valence-electron chi connectivity index (χ4n) is 2.37. The number of carbonyl (C=O) groups is 1. The number of nitrogens with two attached hydrogens (primary N) is 1. The number of rotatable bonds is 2. The van der Waals surface area contributed by atoms with Gasteiger partial charge in [0.05, 0.1) is 5.60 Å². The van der Waals surface area contributed by atoms with Gasteiger partial charge in [0.2, 0.25) is 0 Å². The molecule has 0 aliphatic carbocycles. The number of anilines is 1. The molecule has 104 valence electrons. The maximum atomic E-state index is 12.2. The summed E-state index contributed by atoms with van der Waals surface area (Å²) in [5.41, 5.74) is 6.48. The molecule has 1 fully saturated rings. The van der Waals surface area contributed by atoms with E-state index in [-0.39, 0.29) is 17.6 Å². The number of ether oxygens (including phenoxy) is 1. The molecule has 1 aromatic carbocycles. The van der Waals surface area contributed by atoms with Crippen molar-refractivity contribution in [3.05, 3.63) is 28.8 Å². The van der Waals surface area contributed by atoms with Crippen molar-refractivity contribution in [2.24, 2.45) is 0 Å². The number of nitrogens with one attached hydrogen (secondary N) is 1. The first kappa shape index (κ1) is 14.2. The lowest BCUT2D eigenvalue weighted by atomic mass is 9.94. The molecular weight excluding hydrogens is 264 g/mol. The van der Waals surface area contributed by atoms with Crippen LogP contribution in [-0.4, -0.2) is 24.2 Å². The van der Waals surface area contributed by atoms with Crippen molar-refractivity contribution in [2.75, 3.05) is 12.3 Å². The van der Waals surface area contributed by atoms with Crippen molar-refractivity contribution in [1.82, 2.24) is 5.32 Å². The van der Waals surface area contributed by atoms with Crippen LogP contribution in [0.1, 0.15) is 37.0 Å². The Kier molecular flexibility index (Phi) is 4.02. The summed E-state index contributed by atoms with van der Waals surface area (Å²) in [5.74, 6) is -0.142. The third-order valence-electron chi connectivity index (χ3n) is 3.21. The molecule has 1 amide bonds. The highest BCUT2D eigenvalue weighted by atomic mass is 35.5. The molecule has 19 heavy (non-hydrogen) atoms. The van der Waals surface area contributed by atoms with Gasteiger partial charge in [-0.2, -0.15) is 0 Å². The second-order valence-corrected chi connectivity index (χ2v) is 5.98. The Morgan fingerprint density at radius 2 is 2.21 bits per heavy atom. The van der Waals surface area contributed by atoms with E-state index in [1.807, 2.05) is 13.8 Å². The molecule has 0 aromatic heterocycles. The fraction of sp³-hybridized carbons (Fsp3) is 0.500. The summed E-state index contributed by atoms with van der Waals surface area (Å²) >= 11 is 5.90. The zero-order valence-corrected chi connectivity index (χ0v) is 12.0. The van der Waals surface area contributed by atoms with Crippen LogP contribution < -0.4 is 11.1 Å². The Hall–Kier alpha value is -1.26. The van der Waals surface area contributed by atoms with Crippen molar-refractivity contribution in [3.63, 3.8) is 0 Å². The minimum absolute atomic E-state index is 0.122. The molecule has 3 N–H and O–H groups in total. The van der Waals surface area contributed by atoms with E-state index in [1.54, 1.807) is 18.2 Å². The molecule has 1 atom stereocenters. The van der Waals surface area contributed by atoms with Gasteiger partial charge in [-0.15, -0.1) is 0 Å². The predicted octanol–water partition coefficient (Wildman–Crippen LogP) is 2.61. The van der Waals surface area contributed by atoms with Crippen LogP contribution >= 0.6 is 11.6 Å². The zero-order chi connectivity index (χ0) is 14.0. The van der Waals surface area contributed by atoms with Crippen molar-refractivity contribution in [1.29, 1.82) is 0 Å². The average Bonchev–Trinajstić information content (AvgIpc) is 2.26. The molecule has 0 radical (unpaired) electrons. The van der Waals surface area contributed by atoms with Gasteiger partial charge in [-0.1, -0.05) is 11.6 Å². The van der Waals surface area contributed by atoms with E-state index in [1.165, 1.54) is 0 Å². The van der Waals surface area contributed by atoms with E-state index in [2.05, 4.69) is 5.32 Å². The van der Waals surface area contributed by atoms with Gasteiger partial charge in [0.25, 0.3) is 5.91 Å². The first-order valence-corrected chi connectivity index (χ1v) is 6.74. The van der Waals surface area contributed by atoms with E-state index in [4.69, 9.17) is 22.1 Å². The highest BCUT2D eigenvalue weighted by molar-refractivity contribution is 6.31. The Labute approximate surface area is 118 Å². The van der Waals surface area contributed by atoms with Crippen LogP contribution in [0.4, 0.5) is 5.69 Å². The van der Waals surface area contributed by atoms with E-state index >= 15 is 0 Å². The van der Waals surface area contributed by atoms with Crippen molar-refractivity contribution < 1.29 is 9.53 Å². The van der Waals surface area contributed by atoms with Crippen molar-refractivity contribution in [2.45, 2.75) is 38.3 Å². The van der Waals surface area contributed by atoms with E-state index in [9.17, 15) is 4.79 Å². The summed E-state index contributed by atoms with van der Waals surface area (Å²) in [7, 11) is 0. The van der Waals surface area contributed by atoms with E-state index < -0.39 is 0 Å². The molecule has 4 nitrogen and oxygen atoms in total. The molecule has 1 aliphatic rings. The number of hydrogen-bond acceptors (Lipinski definition) is 3. The number of nitrogen functional groups attached to an aromatic ring is 1. The number of benzene rings is 1. The molecule has 0 spiro atoms. The van der Waals surface area contributed by atoms with Gasteiger partial charge >= 0.3 is 0 Å². The second kappa shape index (κ2) is 5.39. The van der Waals surface area contributed by atoms with Gasteiger partial charge in [0.1, 0.15) is 0 Å².